The molecule has 0 atom stereocenters. The first-order valence-electron chi connectivity index (χ1n) is 9.47. The van der Waals surface area contributed by atoms with Gasteiger partial charge in [-0.1, -0.05) is 17.7 Å². The number of hydrogen-bond acceptors (Lipinski definition) is 5. The fourth-order valence-electron chi connectivity index (χ4n) is 2.97. The van der Waals surface area contributed by atoms with Crippen molar-refractivity contribution < 1.29 is 27.1 Å². The average Bonchev–Trinajstić information content (AvgIpc) is 3.48. The lowest BCUT2D eigenvalue weighted by atomic mass is 10.2. The van der Waals surface area contributed by atoms with Crippen LogP contribution in [0.25, 0.3) is 11.5 Å². The van der Waals surface area contributed by atoms with Crippen LogP contribution in [-0.2, 0) is 17.5 Å². The number of ether oxygens (including phenoxy) is 1. The van der Waals surface area contributed by atoms with Gasteiger partial charge in [0.15, 0.2) is 6.61 Å². The highest BCUT2D eigenvalue weighted by molar-refractivity contribution is 6.30. The number of carbonyl (C=O) groups is 1. The Bertz CT molecular complexity index is 1070. The molecule has 4 rings (SSSR count). The zero-order valence-electron chi connectivity index (χ0n) is 16.1. The molecule has 0 bridgehead atoms. The topological polar surface area (TPSA) is 68.5 Å². The van der Waals surface area contributed by atoms with Crippen LogP contribution >= 0.6 is 11.6 Å². The van der Waals surface area contributed by atoms with Gasteiger partial charge in [-0.3, -0.25) is 4.79 Å². The van der Waals surface area contributed by atoms with Gasteiger partial charge in [-0.15, -0.1) is 10.2 Å². The fourth-order valence-corrected chi connectivity index (χ4v) is 3.10. The summed E-state index contributed by atoms with van der Waals surface area (Å²) in [6.45, 7) is -0.300. The molecule has 0 aliphatic heterocycles. The molecule has 0 saturated heterocycles. The van der Waals surface area contributed by atoms with Crippen LogP contribution in [0.4, 0.5) is 13.2 Å². The Morgan fingerprint density at radius 1 is 1.16 bits per heavy atom. The summed E-state index contributed by atoms with van der Waals surface area (Å²) in [5, 5.41) is 8.57. The molecule has 3 aromatic rings. The van der Waals surface area contributed by atoms with Crippen LogP contribution in [0, 0.1) is 0 Å². The Kier molecular flexibility index (Phi) is 5.86. The summed E-state index contributed by atoms with van der Waals surface area (Å²) in [6, 6.07) is 11.3. The van der Waals surface area contributed by atoms with Crippen molar-refractivity contribution in [2.45, 2.75) is 31.6 Å². The third-order valence-corrected chi connectivity index (χ3v) is 4.95. The van der Waals surface area contributed by atoms with Crippen LogP contribution in [0.5, 0.6) is 5.75 Å². The second kappa shape index (κ2) is 8.58. The number of carbonyl (C=O) groups excluding carboxylic acids is 1. The quantitative estimate of drug-likeness (QED) is 0.507. The second-order valence-corrected chi connectivity index (χ2v) is 7.51. The Morgan fingerprint density at radius 3 is 2.58 bits per heavy atom. The van der Waals surface area contributed by atoms with Gasteiger partial charge in [0.2, 0.25) is 11.8 Å². The molecule has 0 unspecified atom stereocenters. The zero-order valence-corrected chi connectivity index (χ0v) is 16.9. The molecule has 1 fully saturated rings. The normalized spacial score (nSPS) is 13.8. The molecule has 1 heterocycles. The van der Waals surface area contributed by atoms with E-state index in [1.54, 1.807) is 29.2 Å². The highest BCUT2D eigenvalue weighted by atomic mass is 35.5. The first-order valence-corrected chi connectivity index (χ1v) is 9.85. The SMILES string of the molecule is O=C(COc1cccc(C(F)(F)F)c1)N(Cc1nnc(-c2ccc(Cl)cc2)o1)C1CC1. The molecule has 162 valence electrons. The molecule has 31 heavy (non-hydrogen) atoms. The smallest absolute Gasteiger partial charge is 0.416 e. The molecule has 10 heteroatoms. The van der Waals surface area contributed by atoms with Gasteiger partial charge in [0.05, 0.1) is 12.1 Å². The van der Waals surface area contributed by atoms with Gasteiger partial charge in [0.1, 0.15) is 5.75 Å². The number of benzene rings is 2. The summed E-state index contributed by atoms with van der Waals surface area (Å²) < 4.78 is 49.5. The Balaban J connectivity index is 1.40. The number of hydrogen-bond donors (Lipinski definition) is 0. The van der Waals surface area contributed by atoms with Gasteiger partial charge in [-0.25, -0.2) is 0 Å². The van der Waals surface area contributed by atoms with E-state index in [1.807, 2.05) is 0 Å². The molecule has 0 N–H and O–H groups in total. The standard InChI is InChI=1S/C21H17ClF3N3O3/c22-15-6-4-13(5-7-15)20-27-26-18(31-20)11-28(16-8-9-16)19(29)12-30-17-3-1-2-14(10-17)21(23,24)25/h1-7,10,16H,8-9,11-12H2. The summed E-state index contributed by atoms with van der Waals surface area (Å²) in [5.74, 6) is 0.159. The van der Waals surface area contributed by atoms with Gasteiger partial charge < -0.3 is 14.1 Å². The number of aromatic nitrogens is 2. The first-order chi connectivity index (χ1) is 14.8. The van der Waals surface area contributed by atoms with Crippen molar-refractivity contribution in [1.82, 2.24) is 15.1 Å². The highest BCUT2D eigenvalue weighted by Crippen LogP contribution is 2.32. The van der Waals surface area contributed by atoms with Gasteiger partial charge in [0.25, 0.3) is 5.91 Å². The molecular weight excluding hydrogens is 435 g/mol. The third-order valence-electron chi connectivity index (χ3n) is 4.70. The minimum absolute atomic E-state index is 0.0171. The molecule has 6 nitrogen and oxygen atoms in total. The zero-order chi connectivity index (χ0) is 22.0. The number of amides is 1. The predicted molar refractivity (Wildman–Crippen MR) is 105 cm³/mol. The summed E-state index contributed by atoms with van der Waals surface area (Å²) in [6.07, 6.45) is -2.83. The van der Waals surface area contributed by atoms with E-state index in [0.717, 1.165) is 25.0 Å². The second-order valence-electron chi connectivity index (χ2n) is 7.07. The maximum Gasteiger partial charge on any atom is 0.416 e. The van der Waals surface area contributed by atoms with Crippen LogP contribution in [-0.4, -0.2) is 33.7 Å². The largest absolute Gasteiger partial charge is 0.484 e. The van der Waals surface area contributed by atoms with Crippen LogP contribution < -0.4 is 4.74 Å². The lowest BCUT2D eigenvalue weighted by molar-refractivity contribution is -0.137. The Morgan fingerprint density at radius 2 is 1.90 bits per heavy atom. The maximum absolute atomic E-state index is 12.8. The monoisotopic (exact) mass is 451 g/mol. The highest BCUT2D eigenvalue weighted by Gasteiger charge is 2.34. The minimum Gasteiger partial charge on any atom is -0.484 e. The lowest BCUT2D eigenvalue weighted by Gasteiger charge is -2.20. The van der Waals surface area contributed by atoms with E-state index in [-0.39, 0.29) is 30.1 Å². The van der Waals surface area contributed by atoms with E-state index in [4.69, 9.17) is 20.8 Å². The molecule has 1 saturated carbocycles. The maximum atomic E-state index is 12.8. The number of rotatable bonds is 7. The molecule has 1 amide bonds. The van der Waals surface area contributed by atoms with Gasteiger partial charge in [-0.05, 0) is 55.3 Å². The van der Waals surface area contributed by atoms with Crippen LogP contribution in [0.15, 0.2) is 52.9 Å². The lowest BCUT2D eigenvalue weighted by Crippen LogP contribution is -2.36. The van der Waals surface area contributed by atoms with E-state index >= 15 is 0 Å². The van der Waals surface area contributed by atoms with Crippen molar-refractivity contribution in [2.24, 2.45) is 0 Å². The molecule has 0 spiro atoms. The number of halogens is 4. The first kappa shape index (κ1) is 21.2. The predicted octanol–water partition coefficient (Wildman–Crippen LogP) is 4.98. The van der Waals surface area contributed by atoms with E-state index in [0.29, 0.717) is 16.5 Å². The Labute approximate surface area is 180 Å². The third kappa shape index (κ3) is 5.35. The molecule has 2 aromatic carbocycles. The van der Waals surface area contributed by atoms with Crippen molar-refractivity contribution in [1.29, 1.82) is 0 Å². The molecular formula is C21H17ClF3N3O3. The fraction of sp³-hybridized carbons (Fsp3) is 0.286. The summed E-state index contributed by atoms with van der Waals surface area (Å²) >= 11 is 5.88. The van der Waals surface area contributed by atoms with E-state index < -0.39 is 18.3 Å². The van der Waals surface area contributed by atoms with Gasteiger partial charge in [0, 0.05) is 16.6 Å². The average molecular weight is 452 g/mol. The summed E-state index contributed by atoms with van der Waals surface area (Å²) in [5.41, 5.74) is -0.141. The van der Waals surface area contributed by atoms with Crippen LogP contribution in [0.3, 0.4) is 0 Å². The van der Waals surface area contributed by atoms with Crippen molar-refractivity contribution >= 4 is 17.5 Å². The summed E-state index contributed by atoms with van der Waals surface area (Å²) in [4.78, 5) is 14.2. The van der Waals surface area contributed by atoms with Crippen LogP contribution in [0.2, 0.25) is 5.02 Å². The van der Waals surface area contributed by atoms with E-state index in [9.17, 15) is 18.0 Å². The molecule has 1 aliphatic rings. The van der Waals surface area contributed by atoms with Gasteiger partial charge >= 0.3 is 6.18 Å². The molecule has 0 radical (unpaired) electrons. The van der Waals surface area contributed by atoms with Crippen LogP contribution in [0.1, 0.15) is 24.3 Å². The van der Waals surface area contributed by atoms with Crippen molar-refractivity contribution in [2.75, 3.05) is 6.61 Å². The van der Waals surface area contributed by atoms with Crippen molar-refractivity contribution in [3.63, 3.8) is 0 Å². The molecule has 1 aliphatic carbocycles. The Hall–Kier alpha value is -3.07. The number of nitrogens with zero attached hydrogens (tertiary/aromatic N) is 3. The van der Waals surface area contributed by atoms with Crippen molar-refractivity contribution in [3.8, 4) is 17.2 Å². The minimum atomic E-state index is -4.48. The summed E-state index contributed by atoms with van der Waals surface area (Å²) in [7, 11) is 0. The number of alkyl halides is 3. The van der Waals surface area contributed by atoms with Crippen molar-refractivity contribution in [3.05, 3.63) is 65.0 Å². The van der Waals surface area contributed by atoms with E-state index in [1.165, 1.54) is 12.1 Å². The van der Waals surface area contributed by atoms with E-state index in [2.05, 4.69) is 10.2 Å². The molecule has 1 aromatic heterocycles. The van der Waals surface area contributed by atoms with Gasteiger partial charge in [-0.2, -0.15) is 13.2 Å².